The molecular weight excluding hydrogens is 276 g/mol. The summed E-state index contributed by atoms with van der Waals surface area (Å²) in [6.07, 6.45) is 10.3. The van der Waals surface area contributed by atoms with Crippen LogP contribution in [-0.4, -0.2) is 49.7 Å². The van der Waals surface area contributed by atoms with E-state index < -0.39 is 0 Å². The van der Waals surface area contributed by atoms with Crippen LogP contribution in [0.1, 0.15) is 51.9 Å². The van der Waals surface area contributed by atoms with E-state index in [1.54, 1.807) is 7.05 Å². The fourth-order valence-electron chi connectivity index (χ4n) is 3.22. The number of carbonyl (C=O) groups is 1. The Kier molecular flexibility index (Phi) is 9.41. The van der Waals surface area contributed by atoms with Crippen LogP contribution in [0.5, 0.6) is 0 Å². The Bertz CT molecular complexity index is 333. The fraction of sp³-hybridized carbons (Fsp3) is 0.833. The molecular formula is C18H34N2O2. The van der Waals surface area contributed by atoms with Gasteiger partial charge in [-0.25, -0.2) is 5.06 Å². The van der Waals surface area contributed by atoms with Crippen molar-refractivity contribution < 1.29 is 9.63 Å². The van der Waals surface area contributed by atoms with Crippen LogP contribution in [0.15, 0.2) is 12.7 Å². The second kappa shape index (κ2) is 10.8. The standard InChI is InChI=1S/C18H34N2O2/c1-5-7-8-9-10-12-20-13-11-17(16(6-2)15-20)14-18(21)19(3)22-4/h6,16-17H,2,5,7-15H2,1,3-4H3/t16-,17-/m0/s1. The van der Waals surface area contributed by atoms with Crippen molar-refractivity contribution in [3.63, 3.8) is 0 Å². The number of hydrogen-bond acceptors (Lipinski definition) is 3. The minimum atomic E-state index is 0.0624. The van der Waals surface area contributed by atoms with Gasteiger partial charge in [-0.15, -0.1) is 6.58 Å². The lowest BCUT2D eigenvalue weighted by molar-refractivity contribution is -0.170. The summed E-state index contributed by atoms with van der Waals surface area (Å²) in [5, 5.41) is 1.33. The summed E-state index contributed by atoms with van der Waals surface area (Å²) < 4.78 is 0. The molecule has 0 aromatic heterocycles. The Hall–Kier alpha value is -0.870. The molecule has 0 aliphatic carbocycles. The third-order valence-corrected chi connectivity index (χ3v) is 4.83. The number of nitrogens with zero attached hydrogens (tertiary/aromatic N) is 2. The Morgan fingerprint density at radius 1 is 1.36 bits per heavy atom. The monoisotopic (exact) mass is 310 g/mol. The van der Waals surface area contributed by atoms with Crippen LogP contribution in [0.25, 0.3) is 0 Å². The first-order chi connectivity index (χ1) is 10.6. The average molecular weight is 310 g/mol. The number of carbonyl (C=O) groups excluding carboxylic acids is 1. The van der Waals surface area contributed by atoms with Crippen molar-refractivity contribution in [3.8, 4) is 0 Å². The molecule has 22 heavy (non-hydrogen) atoms. The van der Waals surface area contributed by atoms with E-state index in [9.17, 15) is 4.79 Å². The molecule has 0 saturated carbocycles. The first-order valence-electron chi connectivity index (χ1n) is 8.77. The SMILES string of the molecule is C=C[C@H]1CN(CCCCCCC)CC[C@H]1CC(=O)N(C)OC. The van der Waals surface area contributed by atoms with Gasteiger partial charge >= 0.3 is 0 Å². The summed E-state index contributed by atoms with van der Waals surface area (Å²) in [7, 11) is 3.21. The number of likely N-dealkylation sites (tertiary alicyclic amines) is 1. The van der Waals surface area contributed by atoms with Crippen LogP contribution in [0.3, 0.4) is 0 Å². The van der Waals surface area contributed by atoms with Gasteiger partial charge in [-0.2, -0.15) is 0 Å². The Morgan fingerprint density at radius 2 is 2.09 bits per heavy atom. The Labute approximate surface area is 136 Å². The molecule has 1 aliphatic heterocycles. The van der Waals surface area contributed by atoms with Crippen molar-refractivity contribution >= 4 is 5.91 Å². The molecule has 0 bridgehead atoms. The molecule has 128 valence electrons. The maximum absolute atomic E-state index is 12.0. The van der Waals surface area contributed by atoms with Crippen molar-refractivity contribution in [2.45, 2.75) is 51.9 Å². The molecule has 0 spiro atoms. The van der Waals surface area contributed by atoms with Gasteiger partial charge in [0, 0.05) is 20.0 Å². The number of piperidine rings is 1. The van der Waals surface area contributed by atoms with Gasteiger partial charge in [0.05, 0.1) is 7.11 Å². The molecule has 1 rings (SSSR count). The van der Waals surface area contributed by atoms with E-state index in [1.165, 1.54) is 50.8 Å². The predicted octanol–water partition coefficient (Wildman–Crippen LogP) is 3.49. The number of amides is 1. The molecule has 2 atom stereocenters. The molecule has 1 fully saturated rings. The van der Waals surface area contributed by atoms with E-state index >= 15 is 0 Å². The lowest BCUT2D eigenvalue weighted by Gasteiger charge is -2.37. The molecule has 1 amide bonds. The number of hydrogen-bond donors (Lipinski definition) is 0. The van der Waals surface area contributed by atoms with E-state index in [0.29, 0.717) is 18.3 Å². The van der Waals surface area contributed by atoms with Gasteiger partial charge in [-0.1, -0.05) is 38.7 Å². The minimum absolute atomic E-state index is 0.0624. The van der Waals surface area contributed by atoms with Crippen LogP contribution < -0.4 is 0 Å². The zero-order chi connectivity index (χ0) is 16.4. The molecule has 1 saturated heterocycles. The van der Waals surface area contributed by atoms with Crippen molar-refractivity contribution in [2.24, 2.45) is 11.8 Å². The van der Waals surface area contributed by atoms with Crippen LogP contribution in [0.4, 0.5) is 0 Å². The maximum atomic E-state index is 12.0. The van der Waals surface area contributed by atoms with E-state index in [-0.39, 0.29) is 5.91 Å². The van der Waals surface area contributed by atoms with Gasteiger partial charge in [0.2, 0.25) is 5.91 Å². The molecule has 0 aromatic rings. The van der Waals surface area contributed by atoms with Crippen LogP contribution in [0.2, 0.25) is 0 Å². The Morgan fingerprint density at radius 3 is 2.73 bits per heavy atom. The van der Waals surface area contributed by atoms with Gasteiger partial charge in [0.1, 0.15) is 0 Å². The van der Waals surface area contributed by atoms with E-state index in [4.69, 9.17) is 4.84 Å². The number of rotatable bonds is 10. The zero-order valence-corrected chi connectivity index (χ0v) is 14.7. The second-order valence-electron chi connectivity index (χ2n) is 6.44. The molecule has 0 radical (unpaired) electrons. The van der Waals surface area contributed by atoms with E-state index in [0.717, 1.165) is 19.5 Å². The van der Waals surface area contributed by atoms with Crippen LogP contribution in [-0.2, 0) is 9.63 Å². The van der Waals surface area contributed by atoms with Crippen molar-refractivity contribution in [2.75, 3.05) is 33.8 Å². The molecule has 0 aromatic carbocycles. The average Bonchev–Trinajstić information content (AvgIpc) is 2.54. The molecule has 0 N–H and O–H groups in total. The van der Waals surface area contributed by atoms with Crippen LogP contribution >= 0.6 is 0 Å². The van der Waals surface area contributed by atoms with Crippen molar-refractivity contribution in [3.05, 3.63) is 12.7 Å². The fourth-order valence-corrected chi connectivity index (χ4v) is 3.22. The highest BCUT2D eigenvalue weighted by Gasteiger charge is 2.29. The van der Waals surface area contributed by atoms with Gasteiger partial charge in [0.15, 0.2) is 0 Å². The van der Waals surface area contributed by atoms with Gasteiger partial charge in [0.25, 0.3) is 0 Å². The third kappa shape index (κ3) is 6.49. The summed E-state index contributed by atoms with van der Waals surface area (Å²) in [6.45, 7) is 9.57. The zero-order valence-electron chi connectivity index (χ0n) is 14.7. The van der Waals surface area contributed by atoms with Gasteiger partial charge in [-0.05, 0) is 37.8 Å². The predicted molar refractivity (Wildman–Crippen MR) is 91.4 cm³/mol. The lowest BCUT2D eigenvalue weighted by atomic mass is 9.83. The molecule has 4 heteroatoms. The number of hydroxylamine groups is 2. The minimum Gasteiger partial charge on any atom is -0.303 e. The maximum Gasteiger partial charge on any atom is 0.246 e. The summed E-state index contributed by atoms with van der Waals surface area (Å²) in [5.74, 6) is 0.880. The first kappa shape index (κ1) is 19.2. The second-order valence-corrected chi connectivity index (χ2v) is 6.44. The highest BCUT2D eigenvalue weighted by molar-refractivity contribution is 5.75. The van der Waals surface area contributed by atoms with Crippen molar-refractivity contribution in [1.29, 1.82) is 0 Å². The van der Waals surface area contributed by atoms with Crippen LogP contribution in [0, 0.1) is 11.8 Å². The van der Waals surface area contributed by atoms with Crippen molar-refractivity contribution in [1.82, 2.24) is 9.96 Å². The highest BCUT2D eigenvalue weighted by atomic mass is 16.7. The highest BCUT2D eigenvalue weighted by Crippen LogP contribution is 2.28. The largest absolute Gasteiger partial charge is 0.303 e. The normalized spacial score (nSPS) is 22.5. The number of unbranched alkanes of at least 4 members (excludes halogenated alkanes) is 4. The molecule has 1 heterocycles. The lowest BCUT2D eigenvalue weighted by Crippen LogP contribution is -2.42. The van der Waals surface area contributed by atoms with E-state index in [1.807, 2.05) is 6.08 Å². The molecule has 1 aliphatic rings. The summed E-state index contributed by atoms with van der Waals surface area (Å²) >= 11 is 0. The smallest absolute Gasteiger partial charge is 0.246 e. The Balaban J connectivity index is 2.34. The molecule has 4 nitrogen and oxygen atoms in total. The summed E-state index contributed by atoms with van der Waals surface area (Å²) in [6, 6.07) is 0. The molecule has 0 unspecified atom stereocenters. The van der Waals surface area contributed by atoms with Gasteiger partial charge in [-0.3, -0.25) is 9.63 Å². The summed E-state index contributed by atoms with van der Waals surface area (Å²) in [4.78, 5) is 19.5. The van der Waals surface area contributed by atoms with Gasteiger partial charge < -0.3 is 4.90 Å². The summed E-state index contributed by atoms with van der Waals surface area (Å²) in [5.41, 5.74) is 0. The topological polar surface area (TPSA) is 32.8 Å². The quantitative estimate of drug-likeness (QED) is 0.352. The van der Waals surface area contributed by atoms with E-state index in [2.05, 4.69) is 18.4 Å². The third-order valence-electron chi connectivity index (χ3n) is 4.83. The first-order valence-corrected chi connectivity index (χ1v) is 8.77.